The maximum Gasteiger partial charge on any atom is 0.0102 e. The molecule has 1 aromatic rings. The Balaban J connectivity index is 2.82. The van der Waals surface area contributed by atoms with E-state index in [0.29, 0.717) is 11.3 Å². The zero-order valence-corrected chi connectivity index (χ0v) is 14.2. The fraction of sp³-hybridized carbons (Fsp3) is 0.692. The lowest BCUT2D eigenvalue weighted by atomic mass is 9.78. The van der Waals surface area contributed by atoms with Crippen molar-refractivity contribution in [2.75, 3.05) is 10.7 Å². The van der Waals surface area contributed by atoms with E-state index < -0.39 is 0 Å². The first-order valence-corrected chi connectivity index (χ1v) is 8.83. The summed E-state index contributed by atoms with van der Waals surface area (Å²) in [4.78, 5) is 3.02. The van der Waals surface area contributed by atoms with Gasteiger partial charge >= 0.3 is 0 Å². The van der Waals surface area contributed by atoms with Crippen molar-refractivity contribution in [2.45, 2.75) is 33.6 Å². The molecule has 0 saturated carbocycles. The summed E-state index contributed by atoms with van der Waals surface area (Å²) in [5.41, 5.74) is 0.343. The molecule has 0 aliphatic heterocycles. The average molecular weight is 368 g/mol. The smallest absolute Gasteiger partial charge is 0.0102 e. The molecule has 0 nitrogen and oxygen atoms in total. The summed E-state index contributed by atoms with van der Waals surface area (Å²) in [6.45, 7) is 6.86. The number of halogens is 2. The van der Waals surface area contributed by atoms with Gasteiger partial charge in [0, 0.05) is 20.4 Å². The van der Waals surface area contributed by atoms with Crippen LogP contribution in [0.5, 0.6) is 0 Å². The molecule has 0 saturated heterocycles. The fourth-order valence-electron chi connectivity index (χ4n) is 1.70. The number of thiophene rings is 1. The number of alkyl halides is 2. The lowest BCUT2D eigenvalue weighted by Crippen LogP contribution is -2.33. The van der Waals surface area contributed by atoms with Crippen LogP contribution in [0.1, 0.15) is 30.5 Å². The molecule has 0 fully saturated rings. The highest BCUT2D eigenvalue weighted by atomic mass is 79.9. The van der Waals surface area contributed by atoms with Gasteiger partial charge in [0.1, 0.15) is 0 Å². The maximum atomic E-state index is 3.69. The highest BCUT2D eigenvalue weighted by Crippen LogP contribution is 2.37. The molecule has 1 rings (SSSR count). The van der Waals surface area contributed by atoms with Gasteiger partial charge in [0.05, 0.1) is 0 Å². The van der Waals surface area contributed by atoms with E-state index in [9.17, 15) is 0 Å². The van der Waals surface area contributed by atoms with E-state index in [4.69, 9.17) is 0 Å². The molecule has 3 heteroatoms. The fourth-order valence-corrected chi connectivity index (χ4v) is 5.43. The molecule has 0 radical (unpaired) electrons. The van der Waals surface area contributed by atoms with E-state index in [0.717, 1.165) is 17.1 Å². The molecular formula is C13H20Br2S. The normalized spacial score (nSPS) is 12.4. The number of hydrogen-bond donors (Lipinski definition) is 0. The van der Waals surface area contributed by atoms with E-state index in [2.05, 4.69) is 64.8 Å². The molecule has 1 heterocycles. The van der Waals surface area contributed by atoms with Crippen LogP contribution in [0, 0.1) is 11.3 Å². The molecule has 92 valence electrons. The molecule has 0 bridgehead atoms. The molecule has 0 aliphatic rings. The van der Waals surface area contributed by atoms with Gasteiger partial charge in [0.25, 0.3) is 0 Å². The topological polar surface area (TPSA) is 0 Å². The molecule has 0 spiro atoms. The Morgan fingerprint density at radius 3 is 2.12 bits per heavy atom. The molecule has 0 N–H and O–H groups in total. The van der Waals surface area contributed by atoms with Crippen LogP contribution in [0.25, 0.3) is 0 Å². The minimum Gasteiger partial charge on any atom is -0.145 e. The molecule has 0 aliphatic carbocycles. The number of rotatable bonds is 6. The Kier molecular flexibility index (Phi) is 6.03. The van der Waals surface area contributed by atoms with E-state index in [1.54, 1.807) is 0 Å². The summed E-state index contributed by atoms with van der Waals surface area (Å²) < 4.78 is 0. The van der Waals surface area contributed by atoms with Gasteiger partial charge in [-0.1, -0.05) is 52.6 Å². The number of hydrogen-bond acceptors (Lipinski definition) is 1. The second-order valence-electron chi connectivity index (χ2n) is 4.68. The monoisotopic (exact) mass is 366 g/mol. The summed E-state index contributed by atoms with van der Waals surface area (Å²) in [5.74, 6) is 0.679. The summed E-state index contributed by atoms with van der Waals surface area (Å²) in [5, 5.41) is 2.12. The standard InChI is InChI=1S/C13H20Br2S/c1-4-11-5-6-12(16-11)7-13(8-14,9-15)10(2)3/h5-6,10H,4,7-9H2,1-3H3. The lowest BCUT2D eigenvalue weighted by Gasteiger charge is -2.34. The van der Waals surface area contributed by atoms with Crippen LogP contribution in [-0.2, 0) is 12.8 Å². The summed E-state index contributed by atoms with van der Waals surface area (Å²) >= 11 is 9.35. The van der Waals surface area contributed by atoms with Crippen LogP contribution in [0.15, 0.2) is 12.1 Å². The van der Waals surface area contributed by atoms with Gasteiger partial charge in [-0.15, -0.1) is 11.3 Å². The van der Waals surface area contributed by atoms with Crippen LogP contribution >= 0.6 is 43.2 Å². The first-order chi connectivity index (χ1) is 7.57. The average Bonchev–Trinajstić information content (AvgIpc) is 2.73. The van der Waals surface area contributed by atoms with E-state index in [1.807, 2.05) is 11.3 Å². The van der Waals surface area contributed by atoms with Crippen LogP contribution in [0.4, 0.5) is 0 Å². The molecule has 1 aromatic heterocycles. The third-order valence-corrected chi connectivity index (χ3v) is 6.81. The van der Waals surface area contributed by atoms with Crippen LogP contribution < -0.4 is 0 Å². The largest absolute Gasteiger partial charge is 0.145 e. The predicted octanol–water partition coefficient (Wildman–Crippen LogP) is 5.29. The summed E-state index contributed by atoms with van der Waals surface area (Å²) in [6.07, 6.45) is 2.33. The molecule has 0 aromatic carbocycles. The van der Waals surface area contributed by atoms with E-state index >= 15 is 0 Å². The van der Waals surface area contributed by atoms with Crippen LogP contribution in [0.2, 0.25) is 0 Å². The van der Waals surface area contributed by atoms with Crippen molar-refractivity contribution in [1.82, 2.24) is 0 Å². The second kappa shape index (κ2) is 6.55. The Bertz CT molecular complexity index is 313. The van der Waals surface area contributed by atoms with Crippen molar-refractivity contribution < 1.29 is 0 Å². The third-order valence-electron chi connectivity index (χ3n) is 3.35. The van der Waals surface area contributed by atoms with Gasteiger partial charge in [-0.2, -0.15) is 0 Å². The zero-order valence-electron chi connectivity index (χ0n) is 10.2. The summed E-state index contributed by atoms with van der Waals surface area (Å²) in [7, 11) is 0. The zero-order chi connectivity index (χ0) is 12.2. The Labute approximate surface area is 120 Å². The maximum absolute atomic E-state index is 3.69. The van der Waals surface area contributed by atoms with Crippen molar-refractivity contribution in [3.63, 3.8) is 0 Å². The van der Waals surface area contributed by atoms with Gasteiger partial charge in [-0.05, 0) is 36.3 Å². The first-order valence-electron chi connectivity index (χ1n) is 5.77. The minimum absolute atomic E-state index is 0.343. The van der Waals surface area contributed by atoms with Crippen molar-refractivity contribution in [3.05, 3.63) is 21.9 Å². The first kappa shape index (κ1) is 14.7. The van der Waals surface area contributed by atoms with Gasteiger partial charge in [-0.3, -0.25) is 0 Å². The van der Waals surface area contributed by atoms with Gasteiger partial charge in [0.15, 0.2) is 0 Å². The van der Waals surface area contributed by atoms with Crippen molar-refractivity contribution in [2.24, 2.45) is 11.3 Å². The second-order valence-corrected chi connectivity index (χ2v) is 7.06. The van der Waals surface area contributed by atoms with E-state index in [-0.39, 0.29) is 0 Å². The van der Waals surface area contributed by atoms with Crippen LogP contribution in [0.3, 0.4) is 0 Å². The molecular weight excluding hydrogens is 348 g/mol. The highest BCUT2D eigenvalue weighted by Gasteiger charge is 2.32. The molecule has 0 unspecified atom stereocenters. The summed E-state index contributed by atoms with van der Waals surface area (Å²) in [6, 6.07) is 4.57. The highest BCUT2D eigenvalue weighted by molar-refractivity contribution is 9.09. The minimum atomic E-state index is 0.343. The van der Waals surface area contributed by atoms with Crippen molar-refractivity contribution in [1.29, 1.82) is 0 Å². The van der Waals surface area contributed by atoms with Crippen LogP contribution in [-0.4, -0.2) is 10.7 Å². The Hall–Kier alpha value is 0.660. The molecule has 0 atom stereocenters. The van der Waals surface area contributed by atoms with Crippen molar-refractivity contribution in [3.8, 4) is 0 Å². The third kappa shape index (κ3) is 3.33. The Morgan fingerprint density at radius 2 is 1.75 bits per heavy atom. The number of aryl methyl sites for hydroxylation is 1. The van der Waals surface area contributed by atoms with E-state index in [1.165, 1.54) is 16.2 Å². The quantitative estimate of drug-likeness (QED) is 0.599. The molecule has 0 amide bonds. The van der Waals surface area contributed by atoms with Gasteiger partial charge < -0.3 is 0 Å². The SMILES string of the molecule is CCc1ccc(CC(CBr)(CBr)C(C)C)s1. The van der Waals surface area contributed by atoms with Gasteiger partial charge in [0.2, 0.25) is 0 Å². The Morgan fingerprint density at radius 1 is 1.19 bits per heavy atom. The van der Waals surface area contributed by atoms with Gasteiger partial charge in [-0.25, -0.2) is 0 Å². The predicted molar refractivity (Wildman–Crippen MR) is 82.3 cm³/mol. The lowest BCUT2D eigenvalue weighted by molar-refractivity contribution is 0.269. The molecule has 16 heavy (non-hydrogen) atoms. The van der Waals surface area contributed by atoms with Crippen molar-refractivity contribution >= 4 is 43.2 Å².